The van der Waals surface area contributed by atoms with Crippen molar-refractivity contribution in [3.63, 3.8) is 0 Å². The lowest BCUT2D eigenvalue weighted by molar-refractivity contribution is -0.140. The number of hydrogen-bond acceptors (Lipinski definition) is 7. The summed E-state index contributed by atoms with van der Waals surface area (Å²) in [5.41, 5.74) is -0.508. The lowest BCUT2D eigenvalue weighted by Crippen LogP contribution is -2.24. The Labute approximate surface area is 243 Å². The van der Waals surface area contributed by atoms with Crippen LogP contribution in [0.3, 0.4) is 0 Å². The molecule has 220 valence electrons. The van der Waals surface area contributed by atoms with Crippen molar-refractivity contribution in [3.05, 3.63) is 80.6 Å². The quantitative estimate of drug-likeness (QED) is 0.118. The highest BCUT2D eigenvalue weighted by atomic mass is 35.5. The third-order valence-corrected chi connectivity index (χ3v) is 6.62. The second kappa shape index (κ2) is 13.3. The number of rotatable bonds is 8. The topological polar surface area (TPSA) is 96.0 Å². The molecule has 0 fully saturated rings. The molecule has 2 aromatic heterocycles. The van der Waals surface area contributed by atoms with E-state index in [1.54, 1.807) is 32.2 Å². The lowest BCUT2D eigenvalue weighted by atomic mass is 10.1. The van der Waals surface area contributed by atoms with Crippen LogP contribution in [0.5, 0.6) is 11.5 Å². The van der Waals surface area contributed by atoms with Gasteiger partial charge in [-0.05, 0) is 50.7 Å². The number of anilines is 3. The molecule has 14 heteroatoms. The Hall–Kier alpha value is -3.68. The number of halogens is 5. The van der Waals surface area contributed by atoms with Gasteiger partial charge in [0.25, 0.3) is 5.56 Å². The van der Waals surface area contributed by atoms with Gasteiger partial charge in [0.05, 0.1) is 23.1 Å². The molecule has 4 aromatic rings. The zero-order chi connectivity index (χ0) is 30.5. The van der Waals surface area contributed by atoms with Crippen LogP contribution in [0.2, 0.25) is 5.02 Å². The molecule has 0 amide bonds. The largest absolute Gasteiger partial charge is 0.454 e. The highest BCUT2D eigenvalue weighted by molar-refractivity contribution is 7.98. The van der Waals surface area contributed by atoms with E-state index in [0.717, 1.165) is 16.7 Å². The van der Waals surface area contributed by atoms with Gasteiger partial charge in [-0.2, -0.15) is 13.2 Å². The first kappa shape index (κ1) is 31.8. The van der Waals surface area contributed by atoms with E-state index in [4.69, 9.17) is 16.3 Å². The Kier molecular flexibility index (Phi) is 10.3. The van der Waals surface area contributed by atoms with Crippen LogP contribution in [0.4, 0.5) is 34.8 Å². The van der Waals surface area contributed by atoms with E-state index in [2.05, 4.69) is 24.7 Å². The highest BCUT2D eigenvalue weighted by Gasteiger charge is 2.34. The van der Waals surface area contributed by atoms with Crippen LogP contribution < -0.4 is 25.1 Å². The number of pyridine rings is 1. The molecule has 41 heavy (non-hydrogen) atoms. The van der Waals surface area contributed by atoms with Gasteiger partial charge in [-0.1, -0.05) is 37.6 Å². The number of benzene rings is 2. The summed E-state index contributed by atoms with van der Waals surface area (Å²) >= 11 is 7.68. The molecule has 4 N–H and O–H groups in total. The van der Waals surface area contributed by atoms with Gasteiger partial charge in [0, 0.05) is 19.2 Å². The zero-order valence-electron chi connectivity index (χ0n) is 23.1. The summed E-state index contributed by atoms with van der Waals surface area (Å²) in [6.07, 6.45) is -4.09. The van der Waals surface area contributed by atoms with Crippen molar-refractivity contribution in [2.75, 3.05) is 17.1 Å². The number of H-pyrrole nitrogens is 1. The number of alkyl halides is 3. The van der Waals surface area contributed by atoms with Crippen molar-refractivity contribution in [2.45, 2.75) is 33.9 Å². The average Bonchev–Trinajstić information content (AvgIpc) is 3.43. The van der Waals surface area contributed by atoms with Gasteiger partial charge < -0.3 is 19.8 Å². The Morgan fingerprint density at radius 3 is 2.44 bits per heavy atom. The van der Waals surface area contributed by atoms with E-state index >= 15 is 0 Å². The van der Waals surface area contributed by atoms with Crippen molar-refractivity contribution in [2.24, 2.45) is 7.05 Å². The van der Waals surface area contributed by atoms with Gasteiger partial charge in [-0.25, -0.2) is 14.1 Å². The molecule has 4 rings (SSSR count). The van der Waals surface area contributed by atoms with Crippen molar-refractivity contribution in [1.82, 2.24) is 19.3 Å². The van der Waals surface area contributed by atoms with Crippen LogP contribution >= 0.6 is 23.7 Å². The van der Waals surface area contributed by atoms with Gasteiger partial charge in [0.1, 0.15) is 39.5 Å². The number of aryl methyl sites for hydroxylation is 1. The summed E-state index contributed by atoms with van der Waals surface area (Å²) in [6.45, 7) is 7.16. The first-order chi connectivity index (χ1) is 19.4. The molecule has 0 spiro atoms. The fraction of sp³-hybridized carbons (Fsp3) is 0.259. The van der Waals surface area contributed by atoms with Gasteiger partial charge in [0.2, 0.25) is 0 Å². The van der Waals surface area contributed by atoms with Crippen molar-refractivity contribution in [3.8, 4) is 22.9 Å². The molecule has 0 aliphatic rings. The minimum absolute atomic E-state index is 0.0115. The maximum atomic E-state index is 14.8. The number of ether oxygens (including phenoxy) is 1. The van der Waals surface area contributed by atoms with Crippen molar-refractivity contribution >= 4 is 40.9 Å². The molecule has 0 atom stereocenters. The minimum atomic E-state index is -4.72. The SMILES string of the molecule is CC.CNSNc1cccc(Oc2c(-c3ncc(C(F)(F)F)[nH]3)c(Nc3ccc(C)cc3F)n(C)c(=O)c2C)c1Cl. The van der Waals surface area contributed by atoms with Crippen LogP contribution in [0, 0.1) is 19.7 Å². The number of nitrogens with zero attached hydrogens (tertiary/aromatic N) is 2. The molecule has 2 heterocycles. The van der Waals surface area contributed by atoms with Crippen LogP contribution in [0.15, 0.2) is 47.4 Å². The van der Waals surface area contributed by atoms with Crippen LogP contribution in [-0.2, 0) is 13.2 Å². The molecule has 2 aromatic carbocycles. The fourth-order valence-corrected chi connectivity index (χ4v) is 4.38. The normalized spacial score (nSPS) is 11.1. The molecular weight excluding hydrogens is 584 g/mol. The lowest BCUT2D eigenvalue weighted by Gasteiger charge is -2.21. The molecule has 0 saturated carbocycles. The smallest absolute Gasteiger partial charge is 0.432 e. The monoisotopic (exact) mass is 612 g/mol. The molecule has 0 bridgehead atoms. The van der Waals surface area contributed by atoms with Crippen LogP contribution in [0.25, 0.3) is 11.4 Å². The Balaban J connectivity index is 0.00000226. The van der Waals surface area contributed by atoms with Gasteiger partial charge >= 0.3 is 6.18 Å². The van der Waals surface area contributed by atoms with Gasteiger partial charge in [-0.3, -0.25) is 9.36 Å². The maximum Gasteiger partial charge on any atom is 0.432 e. The van der Waals surface area contributed by atoms with E-state index in [-0.39, 0.29) is 45.0 Å². The average molecular weight is 613 g/mol. The first-order valence-corrected chi connectivity index (χ1v) is 13.6. The first-order valence-electron chi connectivity index (χ1n) is 12.4. The standard InChI is InChI=1S/C25H23ClF4N6O2S.C2H6/c1-12-8-9-15(14(27)10-12)33-23-19(22-32-11-18(34-22)25(28,29)30)21(13(2)24(37)36(23)4)38-17-7-5-6-16(20(17)26)35-39-31-3;1-2/h5-11,31,33,35H,1-4H3,(H,32,34);1-2H3. The van der Waals surface area contributed by atoms with Crippen molar-refractivity contribution in [1.29, 1.82) is 0 Å². The van der Waals surface area contributed by atoms with E-state index in [0.29, 0.717) is 17.4 Å². The van der Waals surface area contributed by atoms with Crippen LogP contribution in [-0.4, -0.2) is 21.6 Å². The molecule has 0 unspecified atom stereocenters. The Morgan fingerprint density at radius 2 is 1.83 bits per heavy atom. The van der Waals surface area contributed by atoms with Crippen molar-refractivity contribution < 1.29 is 22.3 Å². The summed E-state index contributed by atoms with van der Waals surface area (Å²) in [4.78, 5) is 19.4. The number of aromatic nitrogens is 3. The van der Waals surface area contributed by atoms with E-state index in [1.807, 2.05) is 13.8 Å². The second-order valence-corrected chi connectivity index (χ2v) is 9.62. The summed E-state index contributed by atoms with van der Waals surface area (Å²) in [5.74, 6) is -0.942. The van der Waals surface area contributed by atoms with E-state index in [9.17, 15) is 22.4 Å². The predicted octanol–water partition coefficient (Wildman–Crippen LogP) is 7.96. The molecule has 8 nitrogen and oxygen atoms in total. The van der Waals surface area contributed by atoms with E-state index < -0.39 is 23.2 Å². The molecule has 0 saturated heterocycles. The second-order valence-electron chi connectivity index (χ2n) is 8.42. The van der Waals surface area contributed by atoms with Gasteiger partial charge in [-0.15, -0.1) is 0 Å². The third kappa shape index (κ3) is 6.97. The van der Waals surface area contributed by atoms with Gasteiger partial charge in [0.15, 0.2) is 5.75 Å². The summed E-state index contributed by atoms with van der Waals surface area (Å²) < 4.78 is 68.3. The number of hydrogen-bond donors (Lipinski definition) is 4. The summed E-state index contributed by atoms with van der Waals surface area (Å²) in [6, 6.07) is 9.24. The zero-order valence-corrected chi connectivity index (χ0v) is 24.6. The van der Waals surface area contributed by atoms with Crippen LogP contribution in [0.1, 0.15) is 30.7 Å². The molecular formula is C27H29ClF4N6O2S. The number of aromatic amines is 1. The van der Waals surface area contributed by atoms with E-state index in [1.165, 1.54) is 32.2 Å². The minimum Gasteiger partial charge on any atom is -0.454 e. The summed E-state index contributed by atoms with van der Waals surface area (Å²) in [7, 11) is 3.10. The Bertz CT molecular complexity index is 1590. The predicted molar refractivity (Wildman–Crippen MR) is 157 cm³/mol. The maximum absolute atomic E-state index is 14.8. The highest BCUT2D eigenvalue weighted by Crippen LogP contribution is 2.44. The Morgan fingerprint density at radius 1 is 1.12 bits per heavy atom. The molecule has 0 aliphatic carbocycles. The molecule has 0 radical (unpaired) electrons. The number of nitrogens with one attached hydrogen (secondary N) is 4. The number of imidazole rings is 1. The third-order valence-electron chi connectivity index (χ3n) is 5.70. The molecule has 0 aliphatic heterocycles. The summed E-state index contributed by atoms with van der Waals surface area (Å²) in [5, 5.41) is 2.99. The fourth-order valence-electron chi connectivity index (χ4n) is 3.73.